The summed E-state index contributed by atoms with van der Waals surface area (Å²) in [6, 6.07) is 9.02. The quantitative estimate of drug-likeness (QED) is 0.627. The number of rotatable bonds is 9. The van der Waals surface area contributed by atoms with Gasteiger partial charge in [-0.3, -0.25) is 0 Å². The third-order valence-electron chi connectivity index (χ3n) is 5.42. The van der Waals surface area contributed by atoms with E-state index >= 15 is 4.39 Å². The van der Waals surface area contributed by atoms with Crippen molar-refractivity contribution in [3.05, 3.63) is 47.3 Å². The Labute approximate surface area is 169 Å². The SMILES string of the molecule is CCOc1cc(C)cc(-c2ccc(NC3(C(=O)O)CC3)cc2COC2CC2)c1F. The summed E-state index contributed by atoms with van der Waals surface area (Å²) in [6.07, 6.45) is 3.55. The van der Waals surface area contributed by atoms with E-state index < -0.39 is 17.3 Å². The van der Waals surface area contributed by atoms with Gasteiger partial charge in [-0.2, -0.15) is 0 Å². The fraction of sp³-hybridized carbons (Fsp3) is 0.435. The van der Waals surface area contributed by atoms with Gasteiger partial charge in [0.25, 0.3) is 0 Å². The Morgan fingerprint density at radius 2 is 2.00 bits per heavy atom. The molecule has 2 aliphatic rings. The van der Waals surface area contributed by atoms with Crippen molar-refractivity contribution in [2.75, 3.05) is 11.9 Å². The van der Waals surface area contributed by atoms with Crippen molar-refractivity contribution in [2.24, 2.45) is 0 Å². The summed E-state index contributed by atoms with van der Waals surface area (Å²) < 4.78 is 26.5. The first-order valence-corrected chi connectivity index (χ1v) is 10.1. The molecule has 2 saturated carbocycles. The number of carboxylic acid groups (broad SMARTS) is 1. The Morgan fingerprint density at radius 3 is 2.62 bits per heavy atom. The van der Waals surface area contributed by atoms with Crippen LogP contribution in [0.3, 0.4) is 0 Å². The van der Waals surface area contributed by atoms with Crippen molar-refractivity contribution in [2.45, 2.75) is 57.8 Å². The monoisotopic (exact) mass is 399 g/mol. The van der Waals surface area contributed by atoms with E-state index in [4.69, 9.17) is 9.47 Å². The zero-order valence-electron chi connectivity index (χ0n) is 16.8. The maximum absolute atomic E-state index is 15.1. The number of nitrogens with one attached hydrogen (secondary N) is 1. The lowest BCUT2D eigenvalue weighted by atomic mass is 9.96. The highest BCUT2D eigenvalue weighted by molar-refractivity contribution is 5.86. The van der Waals surface area contributed by atoms with Crippen molar-refractivity contribution in [1.29, 1.82) is 0 Å². The van der Waals surface area contributed by atoms with Crippen molar-refractivity contribution in [1.82, 2.24) is 0 Å². The molecule has 0 radical (unpaired) electrons. The van der Waals surface area contributed by atoms with Gasteiger partial charge in [0.05, 0.1) is 19.3 Å². The van der Waals surface area contributed by atoms with Gasteiger partial charge < -0.3 is 19.9 Å². The van der Waals surface area contributed by atoms with E-state index in [0.717, 1.165) is 29.5 Å². The molecule has 2 aromatic rings. The lowest BCUT2D eigenvalue weighted by molar-refractivity contribution is -0.138. The molecular formula is C23H26FNO4. The molecule has 0 saturated heterocycles. The molecule has 29 heavy (non-hydrogen) atoms. The van der Waals surface area contributed by atoms with E-state index in [0.29, 0.717) is 37.3 Å². The normalized spacial score (nSPS) is 17.1. The van der Waals surface area contributed by atoms with E-state index in [1.807, 2.05) is 26.0 Å². The number of hydrogen-bond acceptors (Lipinski definition) is 4. The molecule has 0 atom stereocenters. The van der Waals surface area contributed by atoms with Crippen LogP contribution >= 0.6 is 0 Å². The lowest BCUT2D eigenvalue weighted by Gasteiger charge is -2.18. The Balaban J connectivity index is 1.71. The van der Waals surface area contributed by atoms with Gasteiger partial charge in [0.1, 0.15) is 5.54 Å². The van der Waals surface area contributed by atoms with Gasteiger partial charge in [-0.1, -0.05) is 6.07 Å². The van der Waals surface area contributed by atoms with Crippen molar-refractivity contribution in [3.63, 3.8) is 0 Å². The minimum Gasteiger partial charge on any atom is -0.491 e. The Morgan fingerprint density at radius 1 is 1.24 bits per heavy atom. The molecule has 2 fully saturated rings. The molecule has 4 rings (SSSR count). The molecule has 2 N–H and O–H groups in total. The molecule has 154 valence electrons. The third-order valence-corrected chi connectivity index (χ3v) is 5.42. The minimum atomic E-state index is -0.882. The highest BCUT2D eigenvalue weighted by Gasteiger charge is 2.50. The van der Waals surface area contributed by atoms with Crippen LogP contribution in [-0.4, -0.2) is 29.3 Å². The van der Waals surface area contributed by atoms with Crippen LogP contribution in [0.15, 0.2) is 30.3 Å². The lowest BCUT2D eigenvalue weighted by Crippen LogP contribution is -2.31. The van der Waals surface area contributed by atoms with Crippen molar-refractivity contribution < 1.29 is 23.8 Å². The predicted molar refractivity (Wildman–Crippen MR) is 109 cm³/mol. The fourth-order valence-electron chi connectivity index (χ4n) is 3.48. The number of anilines is 1. The Bertz CT molecular complexity index is 935. The van der Waals surface area contributed by atoms with Crippen LogP contribution in [-0.2, 0) is 16.1 Å². The molecule has 0 heterocycles. The second-order valence-electron chi connectivity index (χ2n) is 7.95. The number of hydrogen-bond donors (Lipinski definition) is 2. The van der Waals surface area contributed by atoms with Crippen LogP contribution in [0.4, 0.5) is 10.1 Å². The molecule has 0 spiro atoms. The number of carbonyl (C=O) groups is 1. The van der Waals surface area contributed by atoms with E-state index in [1.165, 1.54) is 0 Å². The molecule has 2 aliphatic carbocycles. The summed E-state index contributed by atoms with van der Waals surface area (Å²) in [4.78, 5) is 11.5. The van der Waals surface area contributed by atoms with Crippen molar-refractivity contribution >= 4 is 11.7 Å². The molecule has 2 aromatic carbocycles. The molecular weight excluding hydrogens is 373 g/mol. The molecule has 6 heteroatoms. The number of aliphatic carboxylic acids is 1. The van der Waals surface area contributed by atoms with Crippen LogP contribution in [0, 0.1) is 12.7 Å². The van der Waals surface area contributed by atoms with Crippen LogP contribution in [0.5, 0.6) is 5.75 Å². The standard InChI is InChI=1S/C23H26FNO4/c1-3-28-20-11-14(2)10-19(21(20)24)18-7-4-16(25-23(8-9-23)22(26)27)12-15(18)13-29-17-5-6-17/h4,7,10-12,17,25H,3,5-6,8-9,13H2,1-2H3,(H,26,27). The van der Waals surface area contributed by atoms with E-state index in [-0.39, 0.29) is 11.9 Å². The molecule has 0 aliphatic heterocycles. The van der Waals surface area contributed by atoms with Gasteiger partial charge >= 0.3 is 5.97 Å². The number of aryl methyl sites for hydroxylation is 1. The molecule has 0 bridgehead atoms. The predicted octanol–water partition coefficient (Wildman–Crippen LogP) is 4.91. The number of halogens is 1. The van der Waals surface area contributed by atoms with Gasteiger partial charge in [0.2, 0.25) is 0 Å². The summed E-state index contributed by atoms with van der Waals surface area (Å²) in [6.45, 7) is 4.48. The second-order valence-corrected chi connectivity index (χ2v) is 7.95. The van der Waals surface area contributed by atoms with Crippen LogP contribution < -0.4 is 10.1 Å². The van der Waals surface area contributed by atoms with E-state index in [9.17, 15) is 9.90 Å². The average Bonchev–Trinajstić information content (AvgIpc) is 3.59. The van der Waals surface area contributed by atoms with Gasteiger partial charge in [0, 0.05) is 11.3 Å². The second kappa shape index (κ2) is 7.67. The molecule has 0 unspecified atom stereocenters. The largest absolute Gasteiger partial charge is 0.491 e. The number of ether oxygens (including phenoxy) is 2. The Hall–Kier alpha value is -2.60. The summed E-state index contributed by atoms with van der Waals surface area (Å²) in [5.41, 5.74) is 2.76. The number of benzene rings is 2. The molecule has 0 aromatic heterocycles. The minimum absolute atomic E-state index is 0.238. The topological polar surface area (TPSA) is 67.8 Å². The van der Waals surface area contributed by atoms with Gasteiger partial charge in [-0.25, -0.2) is 9.18 Å². The molecule has 0 amide bonds. The van der Waals surface area contributed by atoms with Gasteiger partial charge in [-0.15, -0.1) is 0 Å². The fourth-order valence-corrected chi connectivity index (χ4v) is 3.48. The van der Waals surface area contributed by atoms with Gasteiger partial charge in [-0.05, 0) is 80.5 Å². The van der Waals surface area contributed by atoms with Gasteiger partial charge in [0.15, 0.2) is 11.6 Å². The zero-order valence-corrected chi connectivity index (χ0v) is 16.8. The first kappa shape index (κ1) is 19.7. The van der Waals surface area contributed by atoms with Crippen molar-refractivity contribution in [3.8, 4) is 16.9 Å². The smallest absolute Gasteiger partial charge is 0.329 e. The van der Waals surface area contributed by atoms with Crippen LogP contribution in [0.25, 0.3) is 11.1 Å². The first-order chi connectivity index (χ1) is 13.9. The van der Waals surface area contributed by atoms with E-state index in [2.05, 4.69) is 5.32 Å². The summed E-state index contributed by atoms with van der Waals surface area (Å²) in [5, 5.41) is 12.6. The maximum atomic E-state index is 15.1. The zero-order chi connectivity index (χ0) is 20.6. The molecule has 5 nitrogen and oxygen atoms in total. The van der Waals surface area contributed by atoms with Crippen LogP contribution in [0.1, 0.15) is 43.7 Å². The van der Waals surface area contributed by atoms with Crippen LogP contribution in [0.2, 0.25) is 0 Å². The average molecular weight is 399 g/mol. The summed E-state index contributed by atoms with van der Waals surface area (Å²) in [7, 11) is 0. The summed E-state index contributed by atoms with van der Waals surface area (Å²) >= 11 is 0. The highest BCUT2D eigenvalue weighted by atomic mass is 19.1. The van der Waals surface area contributed by atoms with E-state index in [1.54, 1.807) is 18.2 Å². The third kappa shape index (κ3) is 4.22. The maximum Gasteiger partial charge on any atom is 0.329 e. The Kier molecular flexibility index (Phi) is 5.21. The number of carboxylic acids is 1. The first-order valence-electron chi connectivity index (χ1n) is 10.1. The summed E-state index contributed by atoms with van der Waals surface area (Å²) in [5.74, 6) is -1.000. The highest BCUT2D eigenvalue weighted by Crippen LogP contribution is 2.41.